The van der Waals surface area contributed by atoms with Gasteiger partial charge in [0.2, 0.25) is 0 Å². The minimum atomic E-state index is -0.598. The van der Waals surface area contributed by atoms with Gasteiger partial charge in [0.15, 0.2) is 11.5 Å². The molecule has 300 valence electrons. The van der Waals surface area contributed by atoms with Crippen molar-refractivity contribution in [2.45, 2.75) is 117 Å². The van der Waals surface area contributed by atoms with Crippen LogP contribution in [0.1, 0.15) is 143 Å². The third-order valence-corrected chi connectivity index (χ3v) is 9.30. The Labute approximate surface area is 334 Å². The van der Waals surface area contributed by atoms with Gasteiger partial charge in [-0.15, -0.1) is 0 Å². The lowest BCUT2D eigenvalue weighted by Gasteiger charge is -2.12. The molecular weight excluding hydrogens is 703 g/mol. The lowest BCUT2D eigenvalue weighted by atomic mass is 10.1. The Bertz CT molecular complexity index is 1730. The van der Waals surface area contributed by atoms with Gasteiger partial charge < -0.3 is 23.7 Å². The third kappa shape index (κ3) is 16.3. The number of rotatable bonds is 27. The Morgan fingerprint density at radius 2 is 0.857 bits per heavy atom. The molecule has 8 nitrogen and oxygen atoms in total. The molecule has 0 amide bonds. The van der Waals surface area contributed by atoms with Crippen LogP contribution in [0.3, 0.4) is 0 Å². The minimum Gasteiger partial charge on any atom is -0.494 e. The van der Waals surface area contributed by atoms with Crippen molar-refractivity contribution in [3.05, 3.63) is 108 Å². The number of carbonyl (C=O) groups is 2. The van der Waals surface area contributed by atoms with Crippen molar-refractivity contribution < 1.29 is 33.3 Å². The Balaban J connectivity index is 1.42. The van der Waals surface area contributed by atoms with Crippen molar-refractivity contribution >= 4 is 23.8 Å². The molecule has 0 aliphatic heterocycles. The molecule has 0 saturated heterocycles. The molecule has 0 heterocycles. The van der Waals surface area contributed by atoms with Crippen LogP contribution in [0.2, 0.25) is 0 Å². The average molecular weight is 764 g/mol. The molecular formula is C48H61NO7. The molecule has 56 heavy (non-hydrogen) atoms. The summed E-state index contributed by atoms with van der Waals surface area (Å²) in [5, 5.41) is 0. The molecule has 0 aromatic heterocycles. The van der Waals surface area contributed by atoms with Gasteiger partial charge >= 0.3 is 11.9 Å². The number of carbonyl (C=O) groups excluding carboxylic acids is 2. The number of ether oxygens (including phenoxy) is 5. The fourth-order valence-corrected chi connectivity index (χ4v) is 5.93. The van der Waals surface area contributed by atoms with Crippen molar-refractivity contribution in [1.82, 2.24) is 0 Å². The standard InChI is InChI=1S/C48H61NO7/c1-4-7-10-13-16-33-52-42-26-20-39(21-27-42)47(50)55-45-32-19-38(37-49-41-24-30-44(31-25-41)54-35-18-15-12-9-6-3)36-46(45)56-48(51)40-22-28-43(29-23-40)53-34-17-14-11-8-5-2/h19-32,36-37H,4-18,33-35H2,1-3H3. The number of hydrogen-bond donors (Lipinski definition) is 0. The molecule has 0 aliphatic rings. The summed E-state index contributed by atoms with van der Waals surface area (Å²) < 4.78 is 29.3. The van der Waals surface area contributed by atoms with E-state index in [9.17, 15) is 9.59 Å². The maximum atomic E-state index is 13.4. The molecule has 0 atom stereocenters. The second-order valence-corrected chi connectivity index (χ2v) is 14.1. The van der Waals surface area contributed by atoms with Crippen LogP contribution < -0.4 is 23.7 Å². The van der Waals surface area contributed by atoms with Gasteiger partial charge in [-0.25, -0.2) is 9.59 Å². The molecule has 0 unspecified atom stereocenters. The average Bonchev–Trinajstić information content (AvgIpc) is 3.22. The second-order valence-electron chi connectivity index (χ2n) is 14.1. The molecule has 0 N–H and O–H groups in total. The van der Waals surface area contributed by atoms with E-state index in [2.05, 4.69) is 25.8 Å². The lowest BCUT2D eigenvalue weighted by molar-refractivity contribution is 0.0682. The summed E-state index contributed by atoms with van der Waals surface area (Å²) in [6.45, 7) is 8.56. The SMILES string of the molecule is CCCCCCCOc1ccc(N=Cc2ccc(OC(=O)c3ccc(OCCCCCCC)cc3)c(OC(=O)c3ccc(OCCCCCCC)cc3)c2)cc1. The van der Waals surface area contributed by atoms with Gasteiger partial charge in [-0.3, -0.25) is 4.99 Å². The van der Waals surface area contributed by atoms with Crippen LogP contribution in [0.5, 0.6) is 28.7 Å². The monoisotopic (exact) mass is 763 g/mol. The Morgan fingerprint density at radius 3 is 1.29 bits per heavy atom. The first-order valence-electron chi connectivity index (χ1n) is 20.8. The number of aliphatic imine (C=N–C) groups is 1. The lowest BCUT2D eigenvalue weighted by Crippen LogP contribution is -2.13. The summed E-state index contributed by atoms with van der Waals surface area (Å²) in [5.41, 5.74) is 2.06. The minimum absolute atomic E-state index is 0.0883. The highest BCUT2D eigenvalue weighted by Crippen LogP contribution is 2.31. The van der Waals surface area contributed by atoms with Gasteiger partial charge in [0.1, 0.15) is 17.2 Å². The van der Waals surface area contributed by atoms with Crippen LogP contribution in [-0.2, 0) is 0 Å². The summed E-state index contributed by atoms with van der Waals surface area (Å²) >= 11 is 0. The third-order valence-electron chi connectivity index (χ3n) is 9.30. The topological polar surface area (TPSA) is 92.7 Å². The molecule has 8 heteroatoms. The van der Waals surface area contributed by atoms with Crippen LogP contribution in [-0.4, -0.2) is 38.0 Å². The first-order valence-corrected chi connectivity index (χ1v) is 20.8. The summed E-state index contributed by atoms with van der Waals surface area (Å²) in [6, 6.07) is 26.3. The van der Waals surface area contributed by atoms with Crippen LogP contribution in [0.15, 0.2) is 96.0 Å². The number of nitrogens with zero attached hydrogens (tertiary/aromatic N) is 1. The van der Waals surface area contributed by atoms with Crippen molar-refractivity contribution in [1.29, 1.82) is 0 Å². The fourth-order valence-electron chi connectivity index (χ4n) is 5.93. The van der Waals surface area contributed by atoms with Gasteiger partial charge in [0.05, 0.1) is 36.6 Å². The molecule has 0 spiro atoms. The number of unbranched alkanes of at least 4 members (excludes halogenated alkanes) is 12. The predicted molar refractivity (Wildman–Crippen MR) is 226 cm³/mol. The first kappa shape index (κ1) is 43.6. The fraction of sp³-hybridized carbons (Fsp3) is 0.438. The molecule has 4 aromatic rings. The van der Waals surface area contributed by atoms with Gasteiger partial charge in [0, 0.05) is 6.21 Å². The number of hydrogen-bond acceptors (Lipinski definition) is 8. The first-order chi connectivity index (χ1) is 27.5. The number of esters is 2. The van der Waals surface area contributed by atoms with E-state index in [0.717, 1.165) is 43.5 Å². The second kappa shape index (κ2) is 25.9. The smallest absolute Gasteiger partial charge is 0.343 e. The maximum absolute atomic E-state index is 13.4. The van der Waals surface area contributed by atoms with Crippen molar-refractivity contribution in [3.8, 4) is 28.7 Å². The van der Waals surface area contributed by atoms with Crippen molar-refractivity contribution in [2.75, 3.05) is 19.8 Å². The summed E-state index contributed by atoms with van der Waals surface area (Å²) in [7, 11) is 0. The highest BCUT2D eigenvalue weighted by atomic mass is 16.6. The van der Waals surface area contributed by atoms with Crippen LogP contribution in [0, 0.1) is 0 Å². The van der Waals surface area contributed by atoms with E-state index < -0.39 is 11.9 Å². The van der Waals surface area contributed by atoms with Gasteiger partial charge in [0.25, 0.3) is 0 Å². The van der Waals surface area contributed by atoms with Gasteiger partial charge in [-0.1, -0.05) is 97.8 Å². The van der Waals surface area contributed by atoms with E-state index in [0.29, 0.717) is 48.0 Å². The van der Waals surface area contributed by atoms with Crippen LogP contribution in [0.4, 0.5) is 5.69 Å². The zero-order valence-electron chi connectivity index (χ0n) is 33.8. The van der Waals surface area contributed by atoms with E-state index in [1.54, 1.807) is 72.9 Å². The maximum Gasteiger partial charge on any atom is 0.343 e. The summed E-state index contributed by atoms with van der Waals surface area (Å²) in [6.07, 6.45) is 19.1. The van der Waals surface area contributed by atoms with Crippen molar-refractivity contribution in [2.24, 2.45) is 4.99 Å². The van der Waals surface area contributed by atoms with Gasteiger partial charge in [-0.2, -0.15) is 0 Å². The molecule has 4 aromatic carbocycles. The largest absolute Gasteiger partial charge is 0.494 e. The summed E-state index contributed by atoms with van der Waals surface area (Å²) in [4.78, 5) is 31.3. The highest BCUT2D eigenvalue weighted by molar-refractivity contribution is 5.94. The molecule has 0 bridgehead atoms. The van der Waals surface area contributed by atoms with E-state index in [-0.39, 0.29) is 11.5 Å². The van der Waals surface area contributed by atoms with E-state index in [4.69, 9.17) is 23.7 Å². The van der Waals surface area contributed by atoms with Crippen LogP contribution in [0.25, 0.3) is 0 Å². The highest BCUT2D eigenvalue weighted by Gasteiger charge is 2.18. The Hall–Kier alpha value is -5.11. The molecule has 0 aliphatic carbocycles. The number of benzene rings is 4. The zero-order valence-corrected chi connectivity index (χ0v) is 33.8. The predicted octanol–water partition coefficient (Wildman–Crippen LogP) is 12.9. The Kier molecular flexibility index (Phi) is 20.2. The summed E-state index contributed by atoms with van der Waals surface area (Å²) in [5.74, 6) is 1.20. The normalized spacial score (nSPS) is 11.1. The van der Waals surface area contributed by atoms with E-state index >= 15 is 0 Å². The van der Waals surface area contributed by atoms with Gasteiger partial charge in [-0.05, 0) is 116 Å². The van der Waals surface area contributed by atoms with Crippen molar-refractivity contribution in [3.63, 3.8) is 0 Å². The molecule has 0 radical (unpaired) electrons. The van der Waals surface area contributed by atoms with E-state index in [1.807, 2.05) is 24.3 Å². The molecule has 0 fully saturated rings. The Morgan fingerprint density at radius 1 is 0.464 bits per heavy atom. The zero-order chi connectivity index (χ0) is 39.6. The molecule has 4 rings (SSSR count). The quantitative estimate of drug-likeness (QED) is 0.0258. The van der Waals surface area contributed by atoms with Crippen LogP contribution >= 0.6 is 0 Å². The molecule has 0 saturated carbocycles. The van der Waals surface area contributed by atoms with E-state index in [1.165, 1.54) is 64.2 Å².